The van der Waals surface area contributed by atoms with Gasteiger partial charge < -0.3 is 10.6 Å². The molecule has 128 valence electrons. The molecule has 4 atom stereocenters. The summed E-state index contributed by atoms with van der Waals surface area (Å²) in [5.74, 6) is 0.529. The number of hydrogen-bond donors (Lipinski definition) is 1. The molecular weight excluding hydrogens is 324 g/mol. The molecule has 3 nitrogen and oxygen atoms in total. The zero-order chi connectivity index (χ0) is 17.0. The zero-order valence-electron chi connectivity index (χ0n) is 14.5. The van der Waals surface area contributed by atoms with Crippen molar-refractivity contribution in [1.29, 1.82) is 0 Å². The van der Waals surface area contributed by atoms with E-state index in [-0.39, 0.29) is 18.0 Å². The standard InChI is InChI=1S/C18H28N2OS2/c1-5-13(7-6-12(2)22-3)17-16(19)18(21)20(17)14-8-10-15(23-4)11-9-14/h8-13,16-17H,5-7,19H2,1-4H3. The van der Waals surface area contributed by atoms with Crippen LogP contribution in [0.2, 0.25) is 0 Å². The third kappa shape index (κ3) is 4.06. The number of thioether (sulfide) groups is 2. The van der Waals surface area contributed by atoms with Crippen LogP contribution in [0.25, 0.3) is 0 Å². The van der Waals surface area contributed by atoms with Crippen LogP contribution >= 0.6 is 23.5 Å². The van der Waals surface area contributed by atoms with E-state index in [0.717, 1.165) is 18.5 Å². The van der Waals surface area contributed by atoms with Gasteiger partial charge in [-0.1, -0.05) is 20.3 Å². The fourth-order valence-electron chi connectivity index (χ4n) is 3.26. The predicted molar refractivity (Wildman–Crippen MR) is 103 cm³/mol. The molecule has 4 unspecified atom stereocenters. The summed E-state index contributed by atoms with van der Waals surface area (Å²) >= 11 is 3.61. The Morgan fingerprint density at radius 1 is 1.22 bits per heavy atom. The number of hydrogen-bond acceptors (Lipinski definition) is 4. The van der Waals surface area contributed by atoms with E-state index in [9.17, 15) is 4.79 Å². The lowest BCUT2D eigenvalue weighted by atomic mass is 9.79. The average molecular weight is 353 g/mol. The van der Waals surface area contributed by atoms with E-state index < -0.39 is 0 Å². The Bertz CT molecular complexity index is 520. The number of β-lactam (4-membered cyclic amide) rings is 1. The van der Waals surface area contributed by atoms with E-state index in [1.165, 1.54) is 11.3 Å². The molecule has 23 heavy (non-hydrogen) atoms. The Balaban J connectivity index is 2.12. The summed E-state index contributed by atoms with van der Waals surface area (Å²) in [5, 5.41) is 0.658. The normalized spacial score (nSPS) is 23.5. The number of rotatable bonds is 8. The highest BCUT2D eigenvalue weighted by atomic mass is 32.2. The molecule has 0 spiro atoms. The predicted octanol–water partition coefficient (Wildman–Crippen LogP) is 4.01. The number of nitrogens with two attached hydrogens (primary N) is 1. The van der Waals surface area contributed by atoms with Crippen molar-refractivity contribution in [3.05, 3.63) is 24.3 Å². The maximum atomic E-state index is 12.3. The summed E-state index contributed by atoms with van der Waals surface area (Å²) in [4.78, 5) is 15.5. The number of carbonyl (C=O) groups excluding carboxylic acids is 1. The largest absolute Gasteiger partial charge is 0.318 e. The molecule has 1 heterocycles. The van der Waals surface area contributed by atoms with Gasteiger partial charge in [-0.3, -0.25) is 4.79 Å². The Morgan fingerprint density at radius 3 is 2.39 bits per heavy atom. The minimum absolute atomic E-state index is 0.0586. The molecule has 2 rings (SSSR count). The monoisotopic (exact) mass is 352 g/mol. The van der Waals surface area contributed by atoms with Crippen molar-refractivity contribution in [3.8, 4) is 0 Å². The number of nitrogens with zero attached hydrogens (tertiary/aromatic N) is 1. The second-order valence-corrected chi connectivity index (χ2v) is 8.37. The molecule has 0 aliphatic carbocycles. The minimum Gasteiger partial charge on any atom is -0.318 e. The summed E-state index contributed by atoms with van der Waals surface area (Å²) in [7, 11) is 0. The van der Waals surface area contributed by atoms with Crippen LogP contribution in [0.1, 0.15) is 33.1 Å². The Labute approximate surface area is 148 Å². The summed E-state index contributed by atoms with van der Waals surface area (Å²) in [5.41, 5.74) is 7.15. The van der Waals surface area contributed by atoms with Crippen molar-refractivity contribution in [2.75, 3.05) is 17.4 Å². The first-order chi connectivity index (χ1) is 11.0. The molecule has 1 aliphatic rings. The first-order valence-electron chi connectivity index (χ1n) is 8.29. The van der Waals surface area contributed by atoms with Crippen molar-refractivity contribution in [2.45, 2.75) is 55.3 Å². The second-order valence-electron chi connectivity index (χ2n) is 6.21. The smallest absolute Gasteiger partial charge is 0.246 e. The lowest BCUT2D eigenvalue weighted by Crippen LogP contribution is -2.71. The Kier molecular flexibility index (Phi) is 6.86. The van der Waals surface area contributed by atoms with Gasteiger partial charge in [0, 0.05) is 15.8 Å². The molecule has 0 saturated carbocycles. The fourth-order valence-corrected chi connectivity index (χ4v) is 4.04. The van der Waals surface area contributed by atoms with Gasteiger partial charge in [0.25, 0.3) is 0 Å². The van der Waals surface area contributed by atoms with Crippen LogP contribution in [-0.2, 0) is 4.79 Å². The van der Waals surface area contributed by atoms with Crippen molar-refractivity contribution >= 4 is 35.1 Å². The number of benzene rings is 1. The van der Waals surface area contributed by atoms with E-state index in [4.69, 9.17) is 5.73 Å². The number of amides is 1. The molecular formula is C18H28N2OS2. The molecule has 0 radical (unpaired) electrons. The fraction of sp³-hybridized carbons (Fsp3) is 0.611. The van der Waals surface area contributed by atoms with Gasteiger partial charge in [-0.15, -0.1) is 11.8 Å². The summed E-state index contributed by atoms with van der Waals surface area (Å²) in [6.07, 6.45) is 7.58. The van der Waals surface area contributed by atoms with Crippen molar-refractivity contribution in [1.82, 2.24) is 0 Å². The van der Waals surface area contributed by atoms with Gasteiger partial charge in [-0.2, -0.15) is 11.8 Å². The maximum absolute atomic E-state index is 12.3. The highest BCUT2D eigenvalue weighted by Gasteiger charge is 2.48. The quantitative estimate of drug-likeness (QED) is 0.567. The zero-order valence-corrected chi connectivity index (χ0v) is 16.1. The van der Waals surface area contributed by atoms with E-state index in [2.05, 4.69) is 38.5 Å². The molecule has 1 amide bonds. The van der Waals surface area contributed by atoms with Gasteiger partial charge in [-0.05, 0) is 55.5 Å². The lowest BCUT2D eigenvalue weighted by Gasteiger charge is -2.49. The summed E-state index contributed by atoms with van der Waals surface area (Å²) in [6.45, 7) is 4.47. The van der Waals surface area contributed by atoms with Gasteiger partial charge in [0.15, 0.2) is 0 Å². The maximum Gasteiger partial charge on any atom is 0.246 e. The topological polar surface area (TPSA) is 46.3 Å². The van der Waals surface area contributed by atoms with E-state index in [1.54, 1.807) is 11.8 Å². The van der Waals surface area contributed by atoms with Crippen LogP contribution in [0, 0.1) is 5.92 Å². The molecule has 2 N–H and O–H groups in total. The molecule has 1 aromatic carbocycles. The van der Waals surface area contributed by atoms with Gasteiger partial charge in [0.05, 0.1) is 6.04 Å². The summed E-state index contributed by atoms with van der Waals surface area (Å²) in [6, 6.07) is 8.03. The van der Waals surface area contributed by atoms with E-state index in [1.807, 2.05) is 28.8 Å². The van der Waals surface area contributed by atoms with Gasteiger partial charge in [0.1, 0.15) is 6.04 Å². The van der Waals surface area contributed by atoms with Gasteiger partial charge >= 0.3 is 0 Å². The molecule has 1 aromatic rings. The summed E-state index contributed by atoms with van der Waals surface area (Å²) < 4.78 is 0. The molecule has 1 saturated heterocycles. The van der Waals surface area contributed by atoms with Crippen molar-refractivity contribution < 1.29 is 4.79 Å². The SMILES string of the molecule is CCC(CCC(C)SC)C1C(N)C(=O)N1c1ccc(SC)cc1. The van der Waals surface area contributed by atoms with Gasteiger partial charge in [0.2, 0.25) is 5.91 Å². The lowest BCUT2D eigenvalue weighted by molar-refractivity contribution is -0.127. The van der Waals surface area contributed by atoms with Crippen LogP contribution in [0.4, 0.5) is 5.69 Å². The highest BCUT2D eigenvalue weighted by Crippen LogP contribution is 2.36. The van der Waals surface area contributed by atoms with Crippen LogP contribution in [0.5, 0.6) is 0 Å². The Hall–Kier alpha value is -0.650. The number of carbonyl (C=O) groups is 1. The molecule has 1 fully saturated rings. The molecule has 0 bridgehead atoms. The van der Waals surface area contributed by atoms with Crippen molar-refractivity contribution in [2.24, 2.45) is 11.7 Å². The van der Waals surface area contributed by atoms with Crippen LogP contribution in [0.15, 0.2) is 29.2 Å². The third-order valence-corrected chi connectivity index (χ3v) is 6.68. The number of anilines is 1. The molecule has 1 aliphatic heterocycles. The van der Waals surface area contributed by atoms with E-state index in [0.29, 0.717) is 11.2 Å². The van der Waals surface area contributed by atoms with E-state index >= 15 is 0 Å². The molecule has 5 heteroatoms. The first kappa shape index (κ1) is 18.7. The van der Waals surface area contributed by atoms with Gasteiger partial charge in [-0.25, -0.2) is 0 Å². The van der Waals surface area contributed by atoms with Crippen molar-refractivity contribution in [3.63, 3.8) is 0 Å². The molecule has 0 aromatic heterocycles. The first-order valence-corrected chi connectivity index (χ1v) is 10.8. The Morgan fingerprint density at radius 2 is 1.87 bits per heavy atom. The highest BCUT2D eigenvalue weighted by molar-refractivity contribution is 7.99. The minimum atomic E-state index is -0.343. The third-order valence-electron chi connectivity index (χ3n) is 4.89. The van der Waals surface area contributed by atoms with Crippen LogP contribution in [0.3, 0.4) is 0 Å². The average Bonchev–Trinajstić information content (AvgIpc) is 2.60. The second kappa shape index (κ2) is 8.45. The van der Waals surface area contributed by atoms with Crippen LogP contribution < -0.4 is 10.6 Å². The van der Waals surface area contributed by atoms with Crippen LogP contribution in [-0.4, -0.2) is 35.8 Å².